The zero-order chi connectivity index (χ0) is 28.1. The summed E-state index contributed by atoms with van der Waals surface area (Å²) in [5.74, 6) is -0.608. The summed E-state index contributed by atoms with van der Waals surface area (Å²) < 4.78 is 47.6. The minimum atomic E-state index is -3.90. The predicted molar refractivity (Wildman–Crippen MR) is 151 cm³/mol. The summed E-state index contributed by atoms with van der Waals surface area (Å²) in [5.41, 5.74) is 3.36. The van der Waals surface area contributed by atoms with E-state index < -0.39 is 15.8 Å². The highest BCUT2D eigenvalue weighted by Crippen LogP contribution is 2.29. The molecule has 1 N–H and O–H groups in total. The lowest BCUT2D eigenvalue weighted by molar-refractivity contribution is -0.126. The average molecular weight is 567 g/mol. The first kappa shape index (κ1) is 28.2. The van der Waals surface area contributed by atoms with Gasteiger partial charge in [0.05, 0.1) is 0 Å². The van der Waals surface area contributed by atoms with Gasteiger partial charge in [-0.1, -0.05) is 47.6 Å². The summed E-state index contributed by atoms with van der Waals surface area (Å²) in [4.78, 5) is 15.2. The van der Waals surface area contributed by atoms with Crippen LogP contribution in [0, 0.1) is 18.7 Å². The van der Waals surface area contributed by atoms with Gasteiger partial charge < -0.3 is 9.84 Å². The number of amides is 1. The summed E-state index contributed by atoms with van der Waals surface area (Å²) in [7, 11) is -3.90. The highest BCUT2D eigenvalue weighted by molar-refractivity contribution is 7.89. The van der Waals surface area contributed by atoms with E-state index in [0.29, 0.717) is 24.9 Å². The van der Waals surface area contributed by atoms with Crippen LogP contribution in [0.5, 0.6) is 0 Å². The maximum absolute atomic E-state index is 14.0. The first-order valence-electron chi connectivity index (χ1n) is 13.8. The lowest BCUT2D eigenvalue weighted by atomic mass is 9.97. The fraction of sp³-hybridized carbons (Fsp3) is 0.400. The molecule has 2 aromatic carbocycles. The number of nitrogens with one attached hydrogen (secondary N) is 1. The smallest absolute Gasteiger partial charge is 0.248 e. The normalized spacial score (nSPS) is 17.2. The SMILES string of the molecule is Cc1noc(C=Cc2ccccc2F)c1S(=O)(=O)N1CCC(C(=O)NCCCN2CCc3ccccc3C2)CC1. The molecule has 40 heavy (non-hydrogen) atoms. The van der Waals surface area contributed by atoms with Gasteiger partial charge in [-0.05, 0) is 62.0 Å². The van der Waals surface area contributed by atoms with Gasteiger partial charge in [0.2, 0.25) is 15.9 Å². The molecular weight excluding hydrogens is 531 g/mol. The second-order valence-electron chi connectivity index (χ2n) is 10.4. The monoisotopic (exact) mass is 566 g/mol. The van der Waals surface area contributed by atoms with Gasteiger partial charge in [-0.25, -0.2) is 12.8 Å². The largest absolute Gasteiger partial charge is 0.356 e. The third-order valence-electron chi connectivity index (χ3n) is 7.74. The Morgan fingerprint density at radius 1 is 1.07 bits per heavy atom. The van der Waals surface area contributed by atoms with Crippen LogP contribution in [-0.4, -0.2) is 61.4 Å². The number of rotatable bonds is 9. The summed E-state index contributed by atoms with van der Waals surface area (Å²) in [6.07, 6.45) is 5.71. The summed E-state index contributed by atoms with van der Waals surface area (Å²) in [6, 6.07) is 14.7. The van der Waals surface area contributed by atoms with Crippen LogP contribution in [0.2, 0.25) is 0 Å². The fourth-order valence-electron chi connectivity index (χ4n) is 5.47. The molecule has 2 aliphatic heterocycles. The van der Waals surface area contributed by atoms with E-state index in [1.54, 1.807) is 25.1 Å². The highest BCUT2D eigenvalue weighted by atomic mass is 32.2. The Balaban J connectivity index is 1.11. The van der Waals surface area contributed by atoms with Crippen molar-refractivity contribution in [1.29, 1.82) is 0 Å². The van der Waals surface area contributed by atoms with E-state index in [1.165, 1.54) is 33.7 Å². The molecule has 10 heteroatoms. The Hall–Kier alpha value is -3.34. The van der Waals surface area contributed by atoms with Gasteiger partial charge in [0.15, 0.2) is 10.7 Å². The van der Waals surface area contributed by atoms with E-state index in [9.17, 15) is 17.6 Å². The number of hydrogen-bond donors (Lipinski definition) is 1. The van der Waals surface area contributed by atoms with E-state index in [1.807, 2.05) is 0 Å². The second-order valence-corrected chi connectivity index (χ2v) is 12.3. The highest BCUT2D eigenvalue weighted by Gasteiger charge is 2.35. The van der Waals surface area contributed by atoms with E-state index in [-0.39, 0.29) is 41.3 Å². The number of benzene rings is 2. The van der Waals surface area contributed by atoms with Crippen LogP contribution in [0.1, 0.15) is 47.4 Å². The summed E-state index contributed by atoms with van der Waals surface area (Å²) >= 11 is 0. The zero-order valence-electron chi connectivity index (χ0n) is 22.7. The topological polar surface area (TPSA) is 95.8 Å². The predicted octanol–water partition coefficient (Wildman–Crippen LogP) is 4.26. The number of carbonyl (C=O) groups is 1. The van der Waals surface area contributed by atoms with E-state index >= 15 is 0 Å². The lowest BCUT2D eigenvalue weighted by Crippen LogP contribution is -2.43. The van der Waals surface area contributed by atoms with Crippen molar-refractivity contribution in [2.24, 2.45) is 5.92 Å². The molecular formula is C30H35FN4O4S. The molecule has 0 aliphatic carbocycles. The minimum absolute atomic E-state index is 0.0179. The molecule has 3 aromatic rings. The number of aryl methyl sites for hydroxylation is 1. The first-order chi connectivity index (χ1) is 19.3. The van der Waals surface area contributed by atoms with Crippen molar-refractivity contribution in [3.63, 3.8) is 0 Å². The summed E-state index contributed by atoms with van der Waals surface area (Å²) in [5, 5.41) is 6.90. The molecule has 5 rings (SSSR count). The molecule has 1 amide bonds. The van der Waals surface area contributed by atoms with Crippen molar-refractivity contribution in [2.75, 3.05) is 32.7 Å². The van der Waals surface area contributed by atoms with Crippen molar-refractivity contribution < 1.29 is 22.1 Å². The van der Waals surface area contributed by atoms with Crippen LogP contribution in [0.4, 0.5) is 4.39 Å². The summed E-state index contributed by atoms with van der Waals surface area (Å²) in [6.45, 7) is 5.54. The molecule has 0 spiro atoms. The molecule has 8 nitrogen and oxygen atoms in total. The van der Waals surface area contributed by atoms with Crippen LogP contribution in [-0.2, 0) is 27.8 Å². The van der Waals surface area contributed by atoms with E-state index in [0.717, 1.165) is 32.5 Å². The molecule has 2 aliphatic rings. The van der Waals surface area contributed by atoms with Gasteiger partial charge >= 0.3 is 0 Å². The molecule has 1 aromatic heterocycles. The third-order valence-corrected chi connectivity index (χ3v) is 9.79. The number of sulfonamides is 1. The Bertz CT molecular complexity index is 1480. The average Bonchev–Trinajstić information content (AvgIpc) is 3.35. The minimum Gasteiger partial charge on any atom is -0.356 e. The number of nitrogens with zero attached hydrogens (tertiary/aromatic N) is 3. The van der Waals surface area contributed by atoms with E-state index in [2.05, 4.69) is 39.6 Å². The van der Waals surface area contributed by atoms with Crippen molar-refractivity contribution in [3.8, 4) is 0 Å². The van der Waals surface area contributed by atoms with Gasteiger partial charge in [-0.15, -0.1) is 0 Å². The van der Waals surface area contributed by atoms with Crippen LogP contribution < -0.4 is 5.32 Å². The number of fused-ring (bicyclic) bond motifs is 1. The molecule has 212 valence electrons. The van der Waals surface area contributed by atoms with E-state index in [4.69, 9.17) is 4.52 Å². The standard InChI is InChI=1S/C30H35FN4O4S/c1-22-29(28(39-33-22)12-11-24-8-4-5-10-27(24)31)40(37,38)35-19-14-25(15-20-35)30(36)32-16-6-17-34-18-13-23-7-2-3-9-26(23)21-34/h2-5,7-12,25H,6,13-21H2,1H3,(H,32,36). The van der Waals surface area contributed by atoms with Gasteiger partial charge in [-0.3, -0.25) is 9.69 Å². The first-order valence-corrected chi connectivity index (χ1v) is 15.2. The van der Waals surface area contributed by atoms with Crippen molar-refractivity contribution in [2.45, 2.75) is 44.0 Å². The lowest BCUT2D eigenvalue weighted by Gasteiger charge is -2.30. The Morgan fingerprint density at radius 2 is 1.80 bits per heavy atom. The molecule has 1 saturated heterocycles. The van der Waals surface area contributed by atoms with Gasteiger partial charge in [-0.2, -0.15) is 4.31 Å². The second kappa shape index (κ2) is 12.4. The molecule has 0 radical (unpaired) electrons. The molecule has 0 saturated carbocycles. The molecule has 3 heterocycles. The van der Waals surface area contributed by atoms with Gasteiger partial charge in [0, 0.05) is 50.7 Å². The van der Waals surface area contributed by atoms with Crippen LogP contribution in [0.3, 0.4) is 0 Å². The Labute approximate surface area is 234 Å². The van der Waals surface area contributed by atoms with Crippen molar-refractivity contribution >= 4 is 28.1 Å². The maximum Gasteiger partial charge on any atom is 0.248 e. The number of piperidine rings is 1. The molecule has 0 atom stereocenters. The number of halogens is 1. The van der Waals surface area contributed by atoms with Crippen molar-refractivity contribution in [1.82, 2.24) is 19.7 Å². The Kier molecular flexibility index (Phi) is 8.78. The molecule has 1 fully saturated rings. The van der Waals surface area contributed by atoms with Crippen LogP contribution in [0.15, 0.2) is 57.9 Å². The van der Waals surface area contributed by atoms with Crippen molar-refractivity contribution in [3.05, 3.63) is 82.5 Å². The van der Waals surface area contributed by atoms with Gasteiger partial charge in [0.25, 0.3) is 0 Å². The van der Waals surface area contributed by atoms with Crippen LogP contribution in [0.25, 0.3) is 12.2 Å². The number of aromatic nitrogens is 1. The number of hydrogen-bond acceptors (Lipinski definition) is 6. The molecule has 0 unspecified atom stereocenters. The van der Waals surface area contributed by atoms with Crippen LogP contribution >= 0.6 is 0 Å². The third kappa shape index (κ3) is 6.35. The van der Waals surface area contributed by atoms with Gasteiger partial charge in [0.1, 0.15) is 11.5 Å². The molecule has 0 bridgehead atoms. The fourth-order valence-corrected chi connectivity index (χ4v) is 7.19. The maximum atomic E-state index is 14.0. The number of carbonyl (C=O) groups excluding carboxylic acids is 1. The zero-order valence-corrected chi connectivity index (χ0v) is 23.5. The quantitative estimate of drug-likeness (QED) is 0.389. The Morgan fingerprint density at radius 3 is 2.58 bits per heavy atom.